The van der Waals surface area contributed by atoms with E-state index < -0.39 is 0 Å². The molecule has 0 atom stereocenters. The minimum atomic E-state index is -0.385. The Balaban J connectivity index is 1.74. The van der Waals surface area contributed by atoms with E-state index >= 15 is 0 Å². The number of hydrogen-bond donors (Lipinski definition) is 1. The predicted octanol–water partition coefficient (Wildman–Crippen LogP) is 3.50. The summed E-state index contributed by atoms with van der Waals surface area (Å²) in [6.45, 7) is 3.44. The second kappa shape index (κ2) is 6.45. The number of carbonyl (C=O) groups is 2. The molecule has 0 spiro atoms. The molecule has 2 aromatic carbocycles. The molecular formula is C18H15N3O3. The molecule has 1 heterocycles. The third-order valence-corrected chi connectivity index (χ3v) is 3.46. The van der Waals surface area contributed by atoms with E-state index in [-0.39, 0.29) is 17.7 Å². The van der Waals surface area contributed by atoms with Crippen LogP contribution in [0.1, 0.15) is 33.2 Å². The average Bonchev–Trinajstić information content (AvgIpc) is 3.03. The zero-order valence-corrected chi connectivity index (χ0v) is 13.2. The van der Waals surface area contributed by atoms with E-state index in [0.717, 1.165) is 11.1 Å². The van der Waals surface area contributed by atoms with Gasteiger partial charge in [0.2, 0.25) is 5.89 Å². The highest BCUT2D eigenvalue weighted by atomic mass is 16.4. The van der Waals surface area contributed by atoms with Crippen LogP contribution in [0.4, 0.5) is 6.01 Å². The van der Waals surface area contributed by atoms with Gasteiger partial charge in [0.05, 0.1) is 0 Å². The summed E-state index contributed by atoms with van der Waals surface area (Å²) in [5, 5.41) is 10.3. The first-order chi connectivity index (χ1) is 11.5. The summed E-state index contributed by atoms with van der Waals surface area (Å²) in [5.74, 6) is -0.105. The molecule has 1 amide bonds. The van der Waals surface area contributed by atoms with Crippen LogP contribution in [-0.4, -0.2) is 21.9 Å². The molecule has 6 nitrogen and oxygen atoms in total. The maximum atomic E-state index is 12.2. The molecule has 1 aromatic heterocycles. The van der Waals surface area contributed by atoms with Crippen LogP contribution >= 0.6 is 0 Å². The molecule has 0 fully saturated rings. The van der Waals surface area contributed by atoms with Gasteiger partial charge < -0.3 is 4.42 Å². The lowest BCUT2D eigenvalue weighted by molar-refractivity contribution is 0.100. The van der Waals surface area contributed by atoms with Gasteiger partial charge in [-0.2, -0.15) is 0 Å². The summed E-state index contributed by atoms with van der Waals surface area (Å²) in [6.07, 6.45) is 0. The van der Waals surface area contributed by atoms with Gasteiger partial charge in [0.1, 0.15) is 0 Å². The van der Waals surface area contributed by atoms with Crippen molar-refractivity contribution in [3.8, 4) is 11.5 Å². The minimum Gasteiger partial charge on any atom is -0.403 e. The Bertz CT molecular complexity index is 898. The number of benzene rings is 2. The van der Waals surface area contributed by atoms with Crippen molar-refractivity contribution in [2.24, 2.45) is 0 Å². The van der Waals surface area contributed by atoms with Gasteiger partial charge in [0, 0.05) is 16.7 Å². The van der Waals surface area contributed by atoms with Gasteiger partial charge in [0.25, 0.3) is 5.91 Å². The number of ketones is 1. The molecule has 3 aromatic rings. The molecule has 0 bridgehead atoms. The standard InChI is InChI=1S/C18H15N3O3/c1-11-4-3-5-15(10-11)17-20-21-18(24-17)19-16(23)14-8-6-13(7-9-14)12(2)22/h3-10H,1-2H3,(H,19,21,23). The van der Waals surface area contributed by atoms with Crippen LogP contribution in [0.25, 0.3) is 11.5 Å². The Morgan fingerprint density at radius 2 is 1.71 bits per heavy atom. The largest absolute Gasteiger partial charge is 0.403 e. The van der Waals surface area contributed by atoms with Crippen molar-refractivity contribution in [1.82, 2.24) is 10.2 Å². The molecule has 3 rings (SSSR count). The van der Waals surface area contributed by atoms with Crippen molar-refractivity contribution in [3.05, 3.63) is 65.2 Å². The Kier molecular flexibility index (Phi) is 4.20. The molecular weight excluding hydrogens is 306 g/mol. The SMILES string of the molecule is CC(=O)c1ccc(C(=O)Nc2nnc(-c3cccc(C)c3)o2)cc1. The number of amides is 1. The molecule has 1 N–H and O–H groups in total. The highest BCUT2D eigenvalue weighted by Crippen LogP contribution is 2.21. The summed E-state index contributed by atoms with van der Waals surface area (Å²) in [7, 11) is 0. The monoisotopic (exact) mass is 321 g/mol. The maximum absolute atomic E-state index is 12.2. The van der Waals surface area contributed by atoms with Crippen LogP contribution in [-0.2, 0) is 0 Å². The minimum absolute atomic E-state index is 0.0205. The van der Waals surface area contributed by atoms with Crippen LogP contribution in [0.5, 0.6) is 0 Å². The molecule has 0 saturated heterocycles. The molecule has 0 radical (unpaired) electrons. The van der Waals surface area contributed by atoms with Gasteiger partial charge in [-0.05, 0) is 38.1 Å². The van der Waals surface area contributed by atoms with E-state index in [0.29, 0.717) is 17.0 Å². The van der Waals surface area contributed by atoms with Gasteiger partial charge in [0.15, 0.2) is 5.78 Å². The summed E-state index contributed by atoms with van der Waals surface area (Å²) < 4.78 is 5.47. The molecule has 6 heteroatoms. The van der Waals surface area contributed by atoms with Gasteiger partial charge in [-0.3, -0.25) is 14.9 Å². The van der Waals surface area contributed by atoms with E-state index in [1.54, 1.807) is 24.3 Å². The maximum Gasteiger partial charge on any atom is 0.322 e. The first-order valence-corrected chi connectivity index (χ1v) is 7.36. The highest BCUT2D eigenvalue weighted by molar-refractivity contribution is 6.04. The molecule has 0 aliphatic heterocycles. The van der Waals surface area contributed by atoms with E-state index in [2.05, 4.69) is 15.5 Å². The summed E-state index contributed by atoms with van der Waals surface area (Å²) >= 11 is 0. The first-order valence-electron chi connectivity index (χ1n) is 7.36. The fraction of sp³-hybridized carbons (Fsp3) is 0.111. The number of nitrogens with zero attached hydrogens (tertiary/aromatic N) is 2. The van der Waals surface area contributed by atoms with Crippen LogP contribution in [0.3, 0.4) is 0 Å². The number of carbonyl (C=O) groups excluding carboxylic acids is 2. The van der Waals surface area contributed by atoms with E-state index in [1.807, 2.05) is 31.2 Å². The summed E-state index contributed by atoms with van der Waals surface area (Å²) in [6, 6.07) is 14.0. The molecule has 0 aliphatic rings. The zero-order valence-electron chi connectivity index (χ0n) is 13.2. The number of aryl methyl sites for hydroxylation is 1. The number of rotatable bonds is 4. The van der Waals surface area contributed by atoms with Crippen LogP contribution in [0.15, 0.2) is 52.9 Å². The van der Waals surface area contributed by atoms with Crippen molar-refractivity contribution in [3.63, 3.8) is 0 Å². The van der Waals surface area contributed by atoms with Crippen molar-refractivity contribution in [1.29, 1.82) is 0 Å². The smallest absolute Gasteiger partial charge is 0.322 e. The van der Waals surface area contributed by atoms with Crippen LogP contribution in [0.2, 0.25) is 0 Å². The number of anilines is 1. The number of nitrogens with one attached hydrogen (secondary N) is 1. The average molecular weight is 321 g/mol. The second-order valence-electron chi connectivity index (χ2n) is 5.37. The van der Waals surface area contributed by atoms with Crippen LogP contribution in [0, 0.1) is 6.92 Å². The Labute approximate surface area is 138 Å². The molecule has 120 valence electrons. The second-order valence-corrected chi connectivity index (χ2v) is 5.37. The van der Waals surface area contributed by atoms with Crippen molar-refractivity contribution in [2.45, 2.75) is 13.8 Å². The van der Waals surface area contributed by atoms with Crippen molar-refractivity contribution >= 4 is 17.7 Å². The van der Waals surface area contributed by atoms with E-state index in [9.17, 15) is 9.59 Å². The van der Waals surface area contributed by atoms with Crippen molar-refractivity contribution < 1.29 is 14.0 Å². The number of Topliss-reactive ketones (excluding diaryl/α,β-unsaturated/α-hetero) is 1. The Morgan fingerprint density at radius 3 is 2.38 bits per heavy atom. The lowest BCUT2D eigenvalue weighted by Gasteiger charge is -2.01. The van der Waals surface area contributed by atoms with Gasteiger partial charge in [-0.25, -0.2) is 0 Å². The lowest BCUT2D eigenvalue weighted by Crippen LogP contribution is -2.12. The van der Waals surface area contributed by atoms with Gasteiger partial charge >= 0.3 is 6.01 Å². The zero-order chi connectivity index (χ0) is 17.1. The third kappa shape index (κ3) is 3.38. The number of hydrogen-bond acceptors (Lipinski definition) is 5. The van der Waals surface area contributed by atoms with Crippen LogP contribution < -0.4 is 5.32 Å². The van der Waals surface area contributed by atoms with Gasteiger partial charge in [-0.1, -0.05) is 34.9 Å². The summed E-state index contributed by atoms with van der Waals surface area (Å²) in [4.78, 5) is 23.4. The summed E-state index contributed by atoms with van der Waals surface area (Å²) in [5.41, 5.74) is 2.80. The molecule has 0 saturated carbocycles. The molecule has 0 unspecified atom stereocenters. The first kappa shape index (κ1) is 15.6. The molecule has 24 heavy (non-hydrogen) atoms. The number of aromatic nitrogens is 2. The van der Waals surface area contributed by atoms with E-state index in [1.165, 1.54) is 6.92 Å². The Hall–Kier alpha value is -3.28. The fourth-order valence-electron chi connectivity index (χ4n) is 2.19. The lowest BCUT2D eigenvalue weighted by atomic mass is 10.1. The van der Waals surface area contributed by atoms with Crippen molar-refractivity contribution in [2.75, 3.05) is 5.32 Å². The Morgan fingerprint density at radius 1 is 1.00 bits per heavy atom. The predicted molar refractivity (Wildman–Crippen MR) is 88.9 cm³/mol. The normalized spacial score (nSPS) is 10.4. The fourth-order valence-corrected chi connectivity index (χ4v) is 2.19. The van der Waals surface area contributed by atoms with Gasteiger partial charge in [-0.15, -0.1) is 5.10 Å². The molecule has 0 aliphatic carbocycles. The topological polar surface area (TPSA) is 85.1 Å². The third-order valence-electron chi connectivity index (χ3n) is 3.46. The quantitative estimate of drug-likeness (QED) is 0.743. The highest BCUT2D eigenvalue weighted by Gasteiger charge is 2.13. The van der Waals surface area contributed by atoms with E-state index in [4.69, 9.17) is 4.42 Å².